The van der Waals surface area contributed by atoms with Crippen molar-refractivity contribution >= 4 is 5.91 Å². The van der Waals surface area contributed by atoms with Crippen LogP contribution in [0.4, 0.5) is 0 Å². The average Bonchev–Trinajstić information content (AvgIpc) is 1.94. The highest BCUT2D eigenvalue weighted by Gasteiger charge is 2.03. The molecule has 1 heterocycles. The molecule has 0 aromatic carbocycles. The Morgan fingerprint density at radius 1 is 1.10 bits per heavy atom. The molecule has 0 aromatic rings. The Labute approximate surface area is 61.5 Å². The molecule has 0 aromatic heterocycles. The minimum Gasteiger partial charge on any atom is -0.356 e. The highest BCUT2D eigenvalue weighted by Crippen LogP contribution is 2.02. The van der Waals surface area contributed by atoms with E-state index < -0.39 is 0 Å². The largest absolute Gasteiger partial charge is 0.356 e. The molecule has 1 rings (SSSR count). The van der Waals surface area contributed by atoms with Crippen LogP contribution < -0.4 is 17.6 Å². The number of rotatable bonds is 0. The monoisotopic (exact) mass is 147 g/mol. The number of carbonyl (C=O) groups is 1. The van der Waals surface area contributed by atoms with Crippen LogP contribution in [0.2, 0.25) is 0 Å². The lowest BCUT2D eigenvalue weighted by Crippen LogP contribution is -2.21. The fraction of sp³-hybridized carbons (Fsp3) is 0.833. The number of nitrogens with one attached hydrogen (secondary N) is 1. The number of hydrogen-bond donors (Lipinski definition) is 3. The minimum atomic E-state index is 0. The molecule has 0 saturated carbocycles. The normalized spacial score (nSPS) is 17.4. The fourth-order valence-corrected chi connectivity index (χ4v) is 0.904. The summed E-state index contributed by atoms with van der Waals surface area (Å²) in [6.45, 7) is 0.888. The summed E-state index contributed by atoms with van der Waals surface area (Å²) in [6.07, 6.45) is 4.18. The van der Waals surface area contributed by atoms with Crippen molar-refractivity contribution in [2.24, 2.45) is 0 Å². The predicted octanol–water partition coefficient (Wildman–Crippen LogP) is 1.00. The van der Waals surface area contributed by atoms with E-state index in [1.54, 1.807) is 0 Å². The van der Waals surface area contributed by atoms with Gasteiger partial charge in [-0.1, -0.05) is 6.42 Å². The van der Waals surface area contributed by atoms with Crippen molar-refractivity contribution in [1.29, 1.82) is 0 Å². The second kappa shape index (κ2) is 6.51. The van der Waals surface area contributed by atoms with Crippen LogP contribution in [0.25, 0.3) is 0 Å². The molecule has 0 atom stereocenters. The second-order valence-electron chi connectivity index (χ2n) is 2.16. The molecule has 1 aliphatic heterocycles. The van der Waals surface area contributed by atoms with Gasteiger partial charge >= 0.3 is 0 Å². The lowest BCUT2D eigenvalue weighted by atomic mass is 10.2. The van der Waals surface area contributed by atoms with Crippen LogP contribution in [-0.4, -0.2) is 12.5 Å². The number of carbonyl (C=O) groups excluding carboxylic acids is 1. The van der Waals surface area contributed by atoms with E-state index in [2.05, 4.69) is 5.32 Å². The molecule has 4 nitrogen and oxygen atoms in total. The lowest BCUT2D eigenvalue weighted by molar-refractivity contribution is -0.120. The zero-order valence-corrected chi connectivity index (χ0v) is 6.36. The van der Waals surface area contributed by atoms with E-state index in [9.17, 15) is 4.79 Å². The molecule has 0 radical (unpaired) electrons. The van der Waals surface area contributed by atoms with E-state index in [4.69, 9.17) is 0 Å². The van der Waals surface area contributed by atoms with Gasteiger partial charge in [0.05, 0.1) is 0 Å². The zero-order valence-electron chi connectivity index (χ0n) is 6.36. The highest BCUT2D eigenvalue weighted by molar-refractivity contribution is 5.75. The Morgan fingerprint density at radius 2 is 1.80 bits per heavy atom. The van der Waals surface area contributed by atoms with Crippen LogP contribution in [-0.2, 0) is 4.79 Å². The molecular formula is C6H17N3O. The minimum absolute atomic E-state index is 0. The molecule has 1 saturated heterocycles. The van der Waals surface area contributed by atoms with E-state index in [-0.39, 0.29) is 18.2 Å². The predicted molar refractivity (Wildman–Crippen MR) is 41.5 cm³/mol. The van der Waals surface area contributed by atoms with Crippen LogP contribution in [0, 0.1) is 0 Å². The van der Waals surface area contributed by atoms with Gasteiger partial charge in [-0.2, -0.15) is 0 Å². The molecule has 0 aliphatic carbocycles. The Bertz CT molecular complexity index is 85.0. The average molecular weight is 147 g/mol. The number of amides is 1. The maximum atomic E-state index is 10.6. The molecule has 7 N–H and O–H groups in total. The molecule has 4 heteroatoms. The van der Waals surface area contributed by atoms with Crippen molar-refractivity contribution in [3.63, 3.8) is 0 Å². The van der Waals surface area contributed by atoms with Crippen molar-refractivity contribution in [2.75, 3.05) is 6.54 Å². The van der Waals surface area contributed by atoms with Crippen molar-refractivity contribution in [3.8, 4) is 0 Å². The van der Waals surface area contributed by atoms with Gasteiger partial charge in [-0.3, -0.25) is 4.79 Å². The van der Waals surface area contributed by atoms with Gasteiger partial charge in [0.15, 0.2) is 0 Å². The molecule has 0 unspecified atom stereocenters. The zero-order chi connectivity index (χ0) is 5.82. The van der Waals surface area contributed by atoms with E-state index in [1.807, 2.05) is 0 Å². The third-order valence-electron chi connectivity index (χ3n) is 1.40. The van der Waals surface area contributed by atoms with Crippen molar-refractivity contribution in [1.82, 2.24) is 17.6 Å². The Morgan fingerprint density at radius 3 is 2.50 bits per heavy atom. The maximum Gasteiger partial charge on any atom is 0.219 e. The molecule has 0 bridgehead atoms. The van der Waals surface area contributed by atoms with Gasteiger partial charge in [0.1, 0.15) is 0 Å². The van der Waals surface area contributed by atoms with Crippen molar-refractivity contribution < 1.29 is 4.79 Å². The first-order valence-corrected chi connectivity index (χ1v) is 3.16. The lowest BCUT2D eigenvalue weighted by Gasteiger charge is -1.93. The van der Waals surface area contributed by atoms with E-state index >= 15 is 0 Å². The summed E-state index contributed by atoms with van der Waals surface area (Å²) in [5.74, 6) is 0.225. The van der Waals surface area contributed by atoms with Crippen LogP contribution in [0.5, 0.6) is 0 Å². The van der Waals surface area contributed by atoms with E-state index in [1.165, 1.54) is 6.42 Å². The van der Waals surface area contributed by atoms with E-state index in [0.717, 1.165) is 25.8 Å². The fourth-order valence-electron chi connectivity index (χ4n) is 0.904. The Hall–Kier alpha value is -0.610. The van der Waals surface area contributed by atoms with Gasteiger partial charge < -0.3 is 17.6 Å². The third-order valence-corrected chi connectivity index (χ3v) is 1.40. The summed E-state index contributed by atoms with van der Waals surface area (Å²) in [4.78, 5) is 10.6. The molecule has 1 fully saturated rings. The number of hydrogen-bond acceptors (Lipinski definition) is 3. The first-order valence-electron chi connectivity index (χ1n) is 3.16. The summed E-state index contributed by atoms with van der Waals surface area (Å²) >= 11 is 0. The van der Waals surface area contributed by atoms with Crippen molar-refractivity contribution in [3.05, 3.63) is 0 Å². The third kappa shape index (κ3) is 4.29. The molecule has 0 spiro atoms. The molecule has 1 amide bonds. The van der Waals surface area contributed by atoms with Gasteiger partial charge in [-0.05, 0) is 12.8 Å². The van der Waals surface area contributed by atoms with E-state index in [0.29, 0.717) is 0 Å². The Balaban J connectivity index is 0. The van der Waals surface area contributed by atoms with Crippen LogP contribution in [0.1, 0.15) is 25.7 Å². The van der Waals surface area contributed by atoms with Crippen LogP contribution in [0.3, 0.4) is 0 Å². The smallest absolute Gasteiger partial charge is 0.219 e. The molecule has 10 heavy (non-hydrogen) atoms. The Kier molecular flexibility index (Phi) is 7.88. The first-order chi connectivity index (χ1) is 3.89. The summed E-state index contributed by atoms with van der Waals surface area (Å²) < 4.78 is 0. The maximum absolute atomic E-state index is 10.6. The summed E-state index contributed by atoms with van der Waals surface area (Å²) in [7, 11) is 0. The second-order valence-corrected chi connectivity index (χ2v) is 2.16. The molecule has 1 aliphatic rings. The topological polar surface area (TPSA) is 99.1 Å². The quantitative estimate of drug-likeness (QED) is 0.476. The highest BCUT2D eigenvalue weighted by atomic mass is 16.1. The summed E-state index contributed by atoms with van der Waals surface area (Å²) in [5.41, 5.74) is 0. The van der Waals surface area contributed by atoms with Crippen molar-refractivity contribution in [2.45, 2.75) is 25.7 Å². The molecule has 62 valence electrons. The van der Waals surface area contributed by atoms with Gasteiger partial charge in [0, 0.05) is 13.0 Å². The van der Waals surface area contributed by atoms with Crippen LogP contribution >= 0.6 is 0 Å². The van der Waals surface area contributed by atoms with Gasteiger partial charge in [-0.15, -0.1) is 0 Å². The van der Waals surface area contributed by atoms with Gasteiger partial charge in [0.2, 0.25) is 5.91 Å². The SMILES string of the molecule is N.N.O=C1CCCCCN1. The standard InChI is InChI=1S/C6H11NO.2H3N/c8-6-4-2-1-3-5-7-6;;/h1-5H2,(H,7,8);2*1H3. The first kappa shape index (κ1) is 12.1. The van der Waals surface area contributed by atoms with Gasteiger partial charge in [0.25, 0.3) is 0 Å². The molecular weight excluding hydrogens is 130 g/mol. The van der Waals surface area contributed by atoms with Gasteiger partial charge in [-0.25, -0.2) is 0 Å². The summed E-state index contributed by atoms with van der Waals surface area (Å²) in [6, 6.07) is 0. The van der Waals surface area contributed by atoms with Crippen LogP contribution in [0.15, 0.2) is 0 Å². The summed E-state index contributed by atoms with van der Waals surface area (Å²) in [5, 5.41) is 2.81.